The van der Waals surface area contributed by atoms with Gasteiger partial charge in [0.2, 0.25) is 0 Å². The maximum absolute atomic E-state index is 13.0. The topological polar surface area (TPSA) is 32.3 Å². The molecule has 0 saturated carbocycles. The van der Waals surface area contributed by atoms with Crippen molar-refractivity contribution in [3.05, 3.63) is 34.6 Å². The number of halogens is 2. The Morgan fingerprint density at radius 1 is 1.46 bits per heavy atom. The van der Waals surface area contributed by atoms with Gasteiger partial charge in [-0.1, -0.05) is 17.7 Å². The third kappa shape index (κ3) is 1.43. The van der Waals surface area contributed by atoms with E-state index in [1.807, 2.05) is 0 Å². The fraction of sp³-hybridized carbons (Fsp3) is 0.333. The van der Waals surface area contributed by atoms with Crippen LogP contribution in [0, 0.1) is 5.82 Å². The van der Waals surface area contributed by atoms with Crippen molar-refractivity contribution in [3.8, 4) is 0 Å². The first-order valence-corrected chi connectivity index (χ1v) is 4.38. The van der Waals surface area contributed by atoms with E-state index in [2.05, 4.69) is 5.32 Å². The Labute approximate surface area is 80.3 Å². The van der Waals surface area contributed by atoms with Gasteiger partial charge in [-0.25, -0.2) is 4.39 Å². The molecule has 70 valence electrons. The van der Waals surface area contributed by atoms with E-state index in [0.717, 1.165) is 0 Å². The Kier molecular flexibility index (Phi) is 2.02. The van der Waals surface area contributed by atoms with Crippen molar-refractivity contribution in [1.29, 1.82) is 0 Å². The fourth-order valence-corrected chi connectivity index (χ4v) is 1.47. The first-order chi connectivity index (χ1) is 6.12. The largest absolute Gasteiger partial charge is 0.382 e. The van der Waals surface area contributed by atoms with E-state index in [4.69, 9.17) is 11.6 Å². The van der Waals surface area contributed by atoms with Crippen LogP contribution in [-0.4, -0.2) is 18.2 Å². The lowest BCUT2D eigenvalue weighted by molar-refractivity contribution is -0.0148. The number of hydrogen-bond acceptors (Lipinski definition) is 2. The van der Waals surface area contributed by atoms with Gasteiger partial charge in [0.25, 0.3) is 0 Å². The summed E-state index contributed by atoms with van der Waals surface area (Å²) < 4.78 is 13.0. The Hall–Kier alpha value is -0.640. The van der Waals surface area contributed by atoms with E-state index in [1.54, 1.807) is 6.07 Å². The van der Waals surface area contributed by atoms with Gasteiger partial charge >= 0.3 is 0 Å². The molecule has 13 heavy (non-hydrogen) atoms. The highest BCUT2D eigenvalue weighted by molar-refractivity contribution is 6.30. The van der Waals surface area contributed by atoms with Crippen molar-refractivity contribution in [2.24, 2.45) is 0 Å². The molecule has 0 radical (unpaired) electrons. The van der Waals surface area contributed by atoms with Crippen LogP contribution in [0.1, 0.15) is 5.56 Å². The van der Waals surface area contributed by atoms with Crippen LogP contribution in [0.15, 0.2) is 18.2 Å². The van der Waals surface area contributed by atoms with Gasteiger partial charge < -0.3 is 10.4 Å². The predicted octanol–water partition coefficient (Wildman–Crippen LogP) is 1.27. The zero-order valence-corrected chi connectivity index (χ0v) is 7.61. The quantitative estimate of drug-likeness (QED) is 0.717. The van der Waals surface area contributed by atoms with E-state index in [-0.39, 0.29) is 5.02 Å². The molecule has 0 amide bonds. The van der Waals surface area contributed by atoms with E-state index in [9.17, 15) is 9.50 Å². The third-order valence-electron chi connectivity index (χ3n) is 2.29. The highest BCUT2D eigenvalue weighted by atomic mass is 35.5. The van der Waals surface area contributed by atoms with Gasteiger partial charge in [0.15, 0.2) is 0 Å². The summed E-state index contributed by atoms with van der Waals surface area (Å²) in [6.07, 6.45) is 0. The van der Waals surface area contributed by atoms with E-state index >= 15 is 0 Å². The van der Waals surface area contributed by atoms with E-state index in [1.165, 1.54) is 12.1 Å². The van der Waals surface area contributed by atoms with Gasteiger partial charge in [-0.15, -0.1) is 0 Å². The van der Waals surface area contributed by atoms with Crippen LogP contribution in [0.2, 0.25) is 5.02 Å². The van der Waals surface area contributed by atoms with E-state index < -0.39 is 11.4 Å². The van der Waals surface area contributed by atoms with Crippen LogP contribution in [0.5, 0.6) is 0 Å². The van der Waals surface area contributed by atoms with Crippen molar-refractivity contribution < 1.29 is 9.50 Å². The van der Waals surface area contributed by atoms with Gasteiger partial charge in [-0.05, 0) is 17.7 Å². The lowest BCUT2D eigenvalue weighted by atomic mass is 9.88. The van der Waals surface area contributed by atoms with Crippen LogP contribution in [0.25, 0.3) is 0 Å². The molecular weight excluding hydrogens is 193 g/mol. The number of aliphatic hydroxyl groups is 1. The third-order valence-corrected chi connectivity index (χ3v) is 2.60. The summed E-state index contributed by atoms with van der Waals surface area (Å²) in [6, 6.07) is 4.39. The van der Waals surface area contributed by atoms with Crippen LogP contribution >= 0.6 is 11.6 Å². The standard InChI is InChI=1S/C9H9ClFNO/c10-7-2-1-6(3-8(7)11)9(13)4-12-5-9/h1-3,12-13H,4-5H2. The van der Waals surface area contributed by atoms with Crippen molar-refractivity contribution in [2.45, 2.75) is 5.60 Å². The van der Waals surface area contributed by atoms with Crippen LogP contribution in [-0.2, 0) is 5.60 Å². The second-order valence-electron chi connectivity index (χ2n) is 3.26. The molecule has 2 nitrogen and oxygen atoms in total. The highest BCUT2D eigenvalue weighted by Gasteiger charge is 2.36. The number of hydrogen-bond donors (Lipinski definition) is 2. The van der Waals surface area contributed by atoms with Gasteiger partial charge in [-0.2, -0.15) is 0 Å². The minimum atomic E-state index is -0.911. The van der Waals surface area contributed by atoms with Gasteiger partial charge in [0.05, 0.1) is 5.02 Å². The molecule has 1 aliphatic heterocycles. The normalized spacial score (nSPS) is 19.6. The smallest absolute Gasteiger partial charge is 0.142 e. The Morgan fingerprint density at radius 3 is 2.62 bits per heavy atom. The summed E-state index contributed by atoms with van der Waals surface area (Å²) in [5, 5.41) is 12.8. The summed E-state index contributed by atoms with van der Waals surface area (Å²) in [6.45, 7) is 0.933. The molecule has 1 fully saturated rings. The molecule has 1 aliphatic rings. The van der Waals surface area contributed by atoms with Crippen molar-refractivity contribution >= 4 is 11.6 Å². The van der Waals surface area contributed by atoms with Gasteiger partial charge in [0, 0.05) is 13.1 Å². The van der Waals surface area contributed by atoms with Crippen LogP contribution in [0.3, 0.4) is 0 Å². The molecule has 1 aromatic rings. The lowest BCUT2D eigenvalue weighted by Crippen LogP contribution is -2.56. The highest BCUT2D eigenvalue weighted by Crippen LogP contribution is 2.27. The molecule has 0 atom stereocenters. The molecule has 1 aromatic carbocycles. The van der Waals surface area contributed by atoms with Crippen LogP contribution < -0.4 is 5.32 Å². The lowest BCUT2D eigenvalue weighted by Gasteiger charge is -2.38. The molecule has 0 aromatic heterocycles. The molecule has 2 rings (SSSR count). The fourth-order valence-electron chi connectivity index (χ4n) is 1.35. The first-order valence-electron chi connectivity index (χ1n) is 4.00. The zero-order valence-electron chi connectivity index (χ0n) is 6.85. The molecule has 1 heterocycles. The first kappa shape index (κ1) is 8.94. The number of benzene rings is 1. The van der Waals surface area contributed by atoms with Crippen LogP contribution in [0.4, 0.5) is 4.39 Å². The summed E-state index contributed by atoms with van der Waals surface area (Å²) in [5.41, 5.74) is -0.334. The number of nitrogens with one attached hydrogen (secondary N) is 1. The molecule has 1 saturated heterocycles. The molecule has 0 bridgehead atoms. The monoisotopic (exact) mass is 201 g/mol. The van der Waals surface area contributed by atoms with E-state index in [0.29, 0.717) is 18.7 Å². The average Bonchev–Trinajstić information content (AvgIpc) is 2.06. The molecule has 0 spiro atoms. The van der Waals surface area contributed by atoms with Crippen molar-refractivity contribution in [1.82, 2.24) is 5.32 Å². The Balaban J connectivity index is 2.36. The molecule has 0 unspecified atom stereocenters. The minimum absolute atomic E-state index is 0.0830. The molecule has 0 aliphatic carbocycles. The van der Waals surface area contributed by atoms with Gasteiger partial charge in [0.1, 0.15) is 11.4 Å². The predicted molar refractivity (Wildman–Crippen MR) is 48.2 cm³/mol. The molecular formula is C9H9ClFNO. The zero-order chi connectivity index (χ0) is 9.47. The summed E-state index contributed by atoms with van der Waals surface area (Å²) in [4.78, 5) is 0. The minimum Gasteiger partial charge on any atom is -0.382 e. The molecule has 2 N–H and O–H groups in total. The van der Waals surface area contributed by atoms with Gasteiger partial charge in [-0.3, -0.25) is 0 Å². The SMILES string of the molecule is OC1(c2ccc(Cl)c(F)c2)CNC1. The summed E-state index contributed by atoms with van der Waals surface area (Å²) in [5.74, 6) is -0.487. The second-order valence-corrected chi connectivity index (χ2v) is 3.67. The second kappa shape index (κ2) is 2.94. The summed E-state index contributed by atoms with van der Waals surface area (Å²) >= 11 is 5.52. The average molecular weight is 202 g/mol. The number of β-amino-alcohol motifs (C(OH)–C–C–N with tert-alkyl or cyclic N) is 1. The maximum atomic E-state index is 13.0. The summed E-state index contributed by atoms with van der Waals surface area (Å²) in [7, 11) is 0. The number of rotatable bonds is 1. The van der Waals surface area contributed by atoms with Crippen molar-refractivity contribution in [3.63, 3.8) is 0 Å². The molecule has 4 heteroatoms. The van der Waals surface area contributed by atoms with Crippen molar-refractivity contribution in [2.75, 3.05) is 13.1 Å². The maximum Gasteiger partial charge on any atom is 0.142 e. The Morgan fingerprint density at radius 2 is 2.15 bits per heavy atom. The Bertz CT molecular complexity index is 338.